The van der Waals surface area contributed by atoms with Crippen LogP contribution in [0.4, 0.5) is 0 Å². The van der Waals surface area contributed by atoms with Crippen LogP contribution in [0.3, 0.4) is 0 Å². The van der Waals surface area contributed by atoms with Gasteiger partial charge < -0.3 is 14.2 Å². The largest absolute Gasteiger partial charge is 0.462 e. The lowest BCUT2D eigenvalue weighted by Gasteiger charge is -2.18. The summed E-state index contributed by atoms with van der Waals surface area (Å²) in [6.07, 6.45) is 94.1. The van der Waals surface area contributed by atoms with Gasteiger partial charge in [0.25, 0.3) is 0 Å². The molecule has 0 aromatic carbocycles. The van der Waals surface area contributed by atoms with Crippen molar-refractivity contribution in [1.82, 2.24) is 0 Å². The lowest BCUT2D eigenvalue weighted by Crippen LogP contribution is -2.30. The smallest absolute Gasteiger partial charge is 0.306 e. The second kappa shape index (κ2) is 64.6. The van der Waals surface area contributed by atoms with Gasteiger partial charge in [-0.05, 0) is 116 Å². The Morgan fingerprint density at radius 3 is 0.859 bits per heavy atom. The molecule has 0 aromatic rings. The third kappa shape index (κ3) is 61.9. The molecular weight excluding hydrogens is 961 g/mol. The molecule has 0 rings (SSSR count). The number of carbonyl (C=O) groups excluding carboxylic acids is 3. The van der Waals surface area contributed by atoms with Crippen LogP contribution in [0.5, 0.6) is 0 Å². The van der Waals surface area contributed by atoms with Crippen molar-refractivity contribution in [3.63, 3.8) is 0 Å². The van der Waals surface area contributed by atoms with Gasteiger partial charge in [-0.15, -0.1) is 0 Å². The minimum Gasteiger partial charge on any atom is -0.462 e. The Hall–Kier alpha value is -4.97. The van der Waals surface area contributed by atoms with Crippen LogP contribution < -0.4 is 0 Å². The van der Waals surface area contributed by atoms with Crippen molar-refractivity contribution in [2.24, 2.45) is 0 Å². The molecule has 438 valence electrons. The number of unbranched alkanes of at least 4 members (excludes halogenated alkanes) is 18. The number of hydrogen-bond acceptors (Lipinski definition) is 6. The Balaban J connectivity index is 4.42. The highest BCUT2D eigenvalue weighted by atomic mass is 16.6. The Labute approximate surface area is 480 Å². The van der Waals surface area contributed by atoms with E-state index in [1.54, 1.807) is 0 Å². The summed E-state index contributed by atoms with van der Waals surface area (Å²) >= 11 is 0. The SMILES string of the molecule is CC/C=C\C/C=C\C/C=C\C/C=C\C/C=C\C/C=C\C/C=C\C/C=C\C/C=C\CCCCCC(=O)OCC(COC(=O)CC/C=C\C/C=C\C/C=C\C/C=C\CC)OC(=O)CCCCCCCCCCCCCCCCCC. The van der Waals surface area contributed by atoms with E-state index in [0.29, 0.717) is 19.3 Å². The molecule has 0 bridgehead atoms. The standard InChI is InChI=1S/C72H114O6/c1-4-7-10-13-16-19-22-25-27-29-30-31-32-33-34-35-36-37-38-39-40-41-42-43-45-47-50-53-56-59-62-65-71(74)77-68-69(67-76-70(73)64-61-58-55-52-49-46-24-21-18-15-12-9-6-3)78-72(75)66-63-60-57-54-51-48-44-28-26-23-20-17-14-11-8-5-2/h7,9-10,12,16,18-19,21,25,27,30-31,33-34,36-37,39-40,42-43,46-47,49-50,55,58,69H,4-6,8,11,13-15,17,20,22-24,26,28-29,32,35,38,41,44-45,48,51-54,56-57,59-68H2,1-3H3/b10-7-,12-9-,19-16-,21-18-,27-25-,31-30-,34-33-,37-36-,40-39-,43-42-,49-46-,50-47-,58-55-. The van der Waals surface area contributed by atoms with Gasteiger partial charge in [-0.3, -0.25) is 14.4 Å². The van der Waals surface area contributed by atoms with Gasteiger partial charge in [0.1, 0.15) is 13.2 Å². The van der Waals surface area contributed by atoms with Crippen LogP contribution in [0.15, 0.2) is 158 Å². The molecule has 0 fully saturated rings. The van der Waals surface area contributed by atoms with Crippen molar-refractivity contribution >= 4 is 17.9 Å². The van der Waals surface area contributed by atoms with Crippen molar-refractivity contribution < 1.29 is 28.6 Å². The fourth-order valence-corrected chi connectivity index (χ4v) is 8.15. The van der Waals surface area contributed by atoms with Crippen LogP contribution in [-0.4, -0.2) is 37.2 Å². The maximum Gasteiger partial charge on any atom is 0.306 e. The van der Waals surface area contributed by atoms with E-state index in [1.165, 1.54) is 83.5 Å². The second-order valence-electron chi connectivity index (χ2n) is 20.2. The zero-order valence-corrected chi connectivity index (χ0v) is 50.1. The van der Waals surface area contributed by atoms with Crippen LogP contribution in [0.1, 0.15) is 258 Å². The normalized spacial score (nSPS) is 13.2. The van der Waals surface area contributed by atoms with Crippen LogP contribution in [0.2, 0.25) is 0 Å². The van der Waals surface area contributed by atoms with E-state index in [-0.39, 0.29) is 37.5 Å². The first-order valence-corrected chi connectivity index (χ1v) is 31.5. The summed E-state index contributed by atoms with van der Waals surface area (Å²) < 4.78 is 16.8. The minimum absolute atomic E-state index is 0.122. The zero-order chi connectivity index (χ0) is 56.4. The molecule has 0 heterocycles. The number of carbonyl (C=O) groups is 3. The third-order valence-electron chi connectivity index (χ3n) is 12.8. The lowest BCUT2D eigenvalue weighted by atomic mass is 10.0. The van der Waals surface area contributed by atoms with E-state index in [4.69, 9.17) is 14.2 Å². The quantitative estimate of drug-likeness (QED) is 0.0261. The van der Waals surface area contributed by atoms with Crippen molar-refractivity contribution in [3.8, 4) is 0 Å². The van der Waals surface area contributed by atoms with Gasteiger partial charge in [0.2, 0.25) is 0 Å². The van der Waals surface area contributed by atoms with E-state index < -0.39 is 6.10 Å². The highest BCUT2D eigenvalue weighted by Gasteiger charge is 2.19. The molecule has 0 N–H and O–H groups in total. The van der Waals surface area contributed by atoms with E-state index >= 15 is 0 Å². The van der Waals surface area contributed by atoms with Crippen LogP contribution in [-0.2, 0) is 28.6 Å². The van der Waals surface area contributed by atoms with Crippen LogP contribution >= 0.6 is 0 Å². The minimum atomic E-state index is -0.826. The molecule has 0 radical (unpaired) electrons. The van der Waals surface area contributed by atoms with Gasteiger partial charge in [-0.1, -0.05) is 281 Å². The predicted molar refractivity (Wildman–Crippen MR) is 338 cm³/mol. The maximum absolute atomic E-state index is 12.9. The van der Waals surface area contributed by atoms with E-state index in [0.717, 1.165) is 128 Å². The Morgan fingerprint density at radius 1 is 0.269 bits per heavy atom. The van der Waals surface area contributed by atoms with Crippen LogP contribution in [0.25, 0.3) is 0 Å². The average molecular weight is 1080 g/mol. The third-order valence-corrected chi connectivity index (χ3v) is 12.8. The molecule has 0 saturated carbocycles. The summed E-state index contributed by atoms with van der Waals surface area (Å²) in [5.74, 6) is -1.04. The second-order valence-corrected chi connectivity index (χ2v) is 20.2. The van der Waals surface area contributed by atoms with Gasteiger partial charge in [0, 0.05) is 19.3 Å². The monoisotopic (exact) mass is 1070 g/mol. The molecule has 0 spiro atoms. The molecule has 0 aliphatic rings. The fraction of sp³-hybridized carbons (Fsp3) is 0.597. The molecule has 0 aromatic heterocycles. The number of esters is 3. The highest BCUT2D eigenvalue weighted by Crippen LogP contribution is 2.15. The zero-order valence-electron chi connectivity index (χ0n) is 50.1. The molecule has 0 aliphatic heterocycles. The first kappa shape index (κ1) is 73.0. The average Bonchev–Trinajstić information content (AvgIpc) is 3.44. The molecule has 78 heavy (non-hydrogen) atoms. The van der Waals surface area contributed by atoms with E-state index in [2.05, 4.69) is 167 Å². The van der Waals surface area contributed by atoms with Gasteiger partial charge in [-0.25, -0.2) is 0 Å². The summed E-state index contributed by atoms with van der Waals surface area (Å²) in [6.45, 7) is 6.32. The van der Waals surface area contributed by atoms with Crippen molar-refractivity contribution in [2.45, 2.75) is 264 Å². The predicted octanol–water partition coefficient (Wildman–Crippen LogP) is 21.7. The summed E-state index contributed by atoms with van der Waals surface area (Å²) in [4.78, 5) is 38.2. The van der Waals surface area contributed by atoms with E-state index in [9.17, 15) is 14.4 Å². The van der Waals surface area contributed by atoms with Gasteiger partial charge in [0.15, 0.2) is 6.10 Å². The van der Waals surface area contributed by atoms with Crippen molar-refractivity contribution in [3.05, 3.63) is 158 Å². The Kier molecular flexibility index (Phi) is 60.4. The summed E-state index contributed by atoms with van der Waals surface area (Å²) in [6, 6.07) is 0. The first-order valence-electron chi connectivity index (χ1n) is 31.5. The van der Waals surface area contributed by atoms with Crippen molar-refractivity contribution in [2.75, 3.05) is 13.2 Å². The maximum atomic E-state index is 12.9. The van der Waals surface area contributed by atoms with Gasteiger partial charge in [-0.2, -0.15) is 0 Å². The number of hydrogen-bond donors (Lipinski definition) is 0. The van der Waals surface area contributed by atoms with Gasteiger partial charge in [0.05, 0.1) is 0 Å². The molecule has 1 unspecified atom stereocenters. The molecular formula is C72H114O6. The molecule has 1 atom stereocenters. The van der Waals surface area contributed by atoms with Crippen molar-refractivity contribution in [1.29, 1.82) is 0 Å². The summed E-state index contributed by atoms with van der Waals surface area (Å²) in [5.41, 5.74) is 0. The number of rotatable bonds is 55. The first-order chi connectivity index (χ1) is 38.5. The Morgan fingerprint density at radius 2 is 0.526 bits per heavy atom. The van der Waals surface area contributed by atoms with Gasteiger partial charge >= 0.3 is 17.9 Å². The number of allylic oxidation sites excluding steroid dienone is 26. The molecule has 0 aliphatic carbocycles. The van der Waals surface area contributed by atoms with E-state index in [1.807, 2.05) is 12.2 Å². The summed E-state index contributed by atoms with van der Waals surface area (Å²) in [5, 5.41) is 0. The fourth-order valence-electron chi connectivity index (χ4n) is 8.15. The number of ether oxygens (including phenoxy) is 3. The molecule has 0 saturated heterocycles. The highest BCUT2D eigenvalue weighted by molar-refractivity contribution is 5.71. The lowest BCUT2D eigenvalue weighted by molar-refractivity contribution is -0.166. The molecule has 0 amide bonds. The summed E-state index contributed by atoms with van der Waals surface area (Å²) in [7, 11) is 0. The topological polar surface area (TPSA) is 78.9 Å². The Bertz CT molecular complexity index is 1760. The molecule has 6 heteroatoms. The molecule has 6 nitrogen and oxygen atoms in total. The van der Waals surface area contributed by atoms with Crippen LogP contribution in [0, 0.1) is 0 Å².